The van der Waals surface area contributed by atoms with Crippen molar-refractivity contribution in [1.29, 1.82) is 0 Å². The maximum atomic E-state index is 12.8. The van der Waals surface area contributed by atoms with Crippen molar-refractivity contribution in [3.63, 3.8) is 0 Å². The molecule has 1 heterocycles. The number of rotatable bonds is 6. The van der Waals surface area contributed by atoms with Crippen LogP contribution in [0.2, 0.25) is 10.0 Å². The highest BCUT2D eigenvalue weighted by Crippen LogP contribution is 2.39. The van der Waals surface area contributed by atoms with E-state index in [2.05, 4.69) is 15.8 Å². The molecule has 9 heteroatoms. The second-order valence-corrected chi connectivity index (χ2v) is 8.24. The second-order valence-electron chi connectivity index (χ2n) is 7.43. The number of benzene rings is 2. The highest BCUT2D eigenvalue weighted by atomic mass is 35.5. The molecule has 7 nitrogen and oxygen atoms in total. The van der Waals surface area contributed by atoms with Crippen LogP contribution in [0.25, 0.3) is 11.3 Å². The van der Waals surface area contributed by atoms with Crippen molar-refractivity contribution >= 4 is 46.3 Å². The molecule has 164 valence electrons. The zero-order valence-electron chi connectivity index (χ0n) is 18.1. The Kier molecular flexibility index (Phi) is 6.97. The van der Waals surface area contributed by atoms with Gasteiger partial charge in [-0.1, -0.05) is 40.5 Å². The minimum absolute atomic E-state index is 0.334. The molecule has 3 rings (SSSR count). The maximum Gasteiger partial charge on any atom is 0.319 e. The summed E-state index contributed by atoms with van der Waals surface area (Å²) in [5.74, 6) is 0.448. The fraction of sp³-hybridized carbons (Fsp3) is 0.273. The van der Waals surface area contributed by atoms with Crippen LogP contribution in [0.5, 0.6) is 0 Å². The quantitative estimate of drug-likeness (QED) is 0.513. The number of carbonyl (C=O) groups excluding carboxylic acids is 1. The normalized spacial score (nSPS) is 10.7. The summed E-state index contributed by atoms with van der Waals surface area (Å²) in [6.07, 6.45) is 0. The molecule has 0 fully saturated rings. The number of aryl methyl sites for hydroxylation is 1. The molecule has 31 heavy (non-hydrogen) atoms. The van der Waals surface area contributed by atoms with Gasteiger partial charge in [-0.05, 0) is 31.2 Å². The fourth-order valence-corrected chi connectivity index (χ4v) is 3.90. The van der Waals surface area contributed by atoms with Gasteiger partial charge in [0.25, 0.3) is 0 Å². The Morgan fingerprint density at radius 3 is 2.10 bits per heavy atom. The summed E-state index contributed by atoms with van der Waals surface area (Å²) in [7, 11) is 7.88. The average Bonchev–Trinajstić information content (AvgIpc) is 3.06. The standard InChI is InChI=1S/C22H25Cl2N5O2/c1-13-20(21(27-31-13)19-15(23)8-6-9-16(19)24)26-22(30)25-12-14-17(28(2)3)10-7-11-18(14)29(4)5/h6-11H,12H2,1-5H3,(H2,25,26,30). The van der Waals surface area contributed by atoms with Crippen LogP contribution in [-0.2, 0) is 6.54 Å². The number of nitrogens with zero attached hydrogens (tertiary/aromatic N) is 3. The first kappa shape index (κ1) is 22.8. The lowest BCUT2D eigenvalue weighted by atomic mass is 10.1. The summed E-state index contributed by atoms with van der Waals surface area (Å²) in [4.78, 5) is 16.8. The maximum absolute atomic E-state index is 12.8. The van der Waals surface area contributed by atoms with Gasteiger partial charge in [0.15, 0.2) is 5.76 Å². The third kappa shape index (κ3) is 4.89. The van der Waals surface area contributed by atoms with Crippen LogP contribution in [0.3, 0.4) is 0 Å². The predicted molar refractivity (Wildman–Crippen MR) is 128 cm³/mol. The van der Waals surface area contributed by atoms with Crippen molar-refractivity contribution in [3.05, 3.63) is 57.8 Å². The fourth-order valence-electron chi connectivity index (χ4n) is 3.32. The van der Waals surface area contributed by atoms with Gasteiger partial charge in [0.2, 0.25) is 0 Å². The lowest BCUT2D eigenvalue weighted by molar-refractivity contribution is 0.251. The minimum Gasteiger partial charge on any atom is -0.377 e. The summed E-state index contributed by atoms with van der Waals surface area (Å²) < 4.78 is 5.30. The van der Waals surface area contributed by atoms with Gasteiger partial charge in [0.05, 0.1) is 10.0 Å². The highest BCUT2D eigenvalue weighted by molar-refractivity contribution is 6.39. The summed E-state index contributed by atoms with van der Waals surface area (Å²) in [6.45, 7) is 2.04. The first-order valence-electron chi connectivity index (χ1n) is 9.62. The van der Waals surface area contributed by atoms with E-state index in [9.17, 15) is 4.79 Å². The van der Waals surface area contributed by atoms with Gasteiger partial charge in [-0.15, -0.1) is 0 Å². The second kappa shape index (κ2) is 9.49. The topological polar surface area (TPSA) is 73.6 Å². The molecule has 0 aliphatic rings. The number of anilines is 3. The largest absolute Gasteiger partial charge is 0.377 e. The van der Waals surface area contributed by atoms with Gasteiger partial charge >= 0.3 is 6.03 Å². The average molecular weight is 462 g/mol. The molecule has 0 aliphatic heterocycles. The smallest absolute Gasteiger partial charge is 0.319 e. The summed E-state index contributed by atoms with van der Waals surface area (Å²) in [5.41, 5.74) is 4.36. The van der Waals surface area contributed by atoms with Crippen LogP contribution in [0.4, 0.5) is 21.9 Å². The van der Waals surface area contributed by atoms with Crippen LogP contribution in [-0.4, -0.2) is 39.4 Å². The Morgan fingerprint density at radius 2 is 1.55 bits per heavy atom. The molecule has 0 saturated heterocycles. The van der Waals surface area contributed by atoms with Crippen molar-refractivity contribution < 1.29 is 9.32 Å². The Morgan fingerprint density at radius 1 is 1.00 bits per heavy atom. The number of aromatic nitrogens is 1. The first-order valence-corrected chi connectivity index (χ1v) is 10.4. The van der Waals surface area contributed by atoms with E-state index in [4.69, 9.17) is 27.7 Å². The van der Waals surface area contributed by atoms with Gasteiger partial charge in [-0.25, -0.2) is 4.79 Å². The van der Waals surface area contributed by atoms with Crippen LogP contribution in [0, 0.1) is 6.92 Å². The number of nitrogens with one attached hydrogen (secondary N) is 2. The van der Waals surface area contributed by atoms with E-state index in [1.54, 1.807) is 25.1 Å². The van der Waals surface area contributed by atoms with E-state index in [0.29, 0.717) is 39.3 Å². The summed E-state index contributed by atoms with van der Waals surface area (Å²) in [6, 6.07) is 10.8. The number of hydrogen-bond donors (Lipinski definition) is 2. The van der Waals surface area contributed by atoms with Crippen molar-refractivity contribution in [2.24, 2.45) is 0 Å². The molecule has 2 aromatic carbocycles. The van der Waals surface area contributed by atoms with E-state index in [1.165, 1.54) is 0 Å². The molecule has 2 amide bonds. The van der Waals surface area contributed by atoms with Gasteiger partial charge in [0, 0.05) is 57.2 Å². The van der Waals surface area contributed by atoms with Crippen molar-refractivity contribution in [2.75, 3.05) is 43.3 Å². The van der Waals surface area contributed by atoms with Crippen molar-refractivity contribution in [3.8, 4) is 11.3 Å². The van der Waals surface area contributed by atoms with Crippen LogP contribution in [0.1, 0.15) is 11.3 Å². The molecule has 2 N–H and O–H groups in total. The van der Waals surface area contributed by atoms with Crippen molar-refractivity contribution in [2.45, 2.75) is 13.5 Å². The minimum atomic E-state index is -0.394. The number of amides is 2. The van der Waals surface area contributed by atoms with Crippen molar-refractivity contribution in [1.82, 2.24) is 10.5 Å². The molecule has 0 aliphatic carbocycles. The van der Waals surface area contributed by atoms with Gasteiger partial charge in [-0.3, -0.25) is 0 Å². The van der Waals surface area contributed by atoms with E-state index in [1.807, 2.05) is 56.2 Å². The van der Waals surface area contributed by atoms with E-state index >= 15 is 0 Å². The zero-order chi connectivity index (χ0) is 22.7. The van der Waals surface area contributed by atoms with Gasteiger partial charge < -0.3 is 25.0 Å². The number of halogens is 2. The van der Waals surface area contributed by atoms with Crippen LogP contribution in [0.15, 0.2) is 40.9 Å². The van der Waals surface area contributed by atoms with E-state index < -0.39 is 6.03 Å². The lowest BCUT2D eigenvalue weighted by Crippen LogP contribution is -2.30. The number of urea groups is 1. The Balaban J connectivity index is 1.84. The lowest BCUT2D eigenvalue weighted by Gasteiger charge is -2.24. The molecule has 0 bridgehead atoms. The molecule has 0 spiro atoms. The van der Waals surface area contributed by atoms with Gasteiger partial charge in [-0.2, -0.15) is 0 Å². The van der Waals surface area contributed by atoms with Gasteiger partial charge in [0.1, 0.15) is 11.4 Å². The summed E-state index contributed by atoms with van der Waals surface area (Å²) >= 11 is 12.6. The number of carbonyl (C=O) groups is 1. The molecule has 0 radical (unpaired) electrons. The SMILES string of the molecule is Cc1onc(-c2c(Cl)cccc2Cl)c1NC(=O)NCc1c(N(C)C)cccc1N(C)C. The third-order valence-electron chi connectivity index (χ3n) is 4.82. The number of hydrogen-bond acceptors (Lipinski definition) is 5. The van der Waals surface area contributed by atoms with E-state index in [0.717, 1.165) is 16.9 Å². The first-order chi connectivity index (χ1) is 14.7. The predicted octanol–water partition coefficient (Wildman–Crippen LogP) is 5.41. The zero-order valence-corrected chi connectivity index (χ0v) is 19.6. The summed E-state index contributed by atoms with van der Waals surface area (Å²) in [5, 5.41) is 10.6. The molecule has 0 unspecified atom stereocenters. The third-order valence-corrected chi connectivity index (χ3v) is 5.45. The molecule has 0 atom stereocenters. The Hall–Kier alpha value is -2.90. The molecular weight excluding hydrogens is 437 g/mol. The Labute approximate surface area is 191 Å². The molecule has 0 saturated carbocycles. The van der Waals surface area contributed by atoms with Crippen LogP contribution < -0.4 is 20.4 Å². The van der Waals surface area contributed by atoms with Crippen LogP contribution >= 0.6 is 23.2 Å². The molecule has 3 aromatic rings. The van der Waals surface area contributed by atoms with E-state index in [-0.39, 0.29) is 0 Å². The molecule has 1 aromatic heterocycles. The molecular formula is C22H25Cl2N5O2. The Bertz CT molecular complexity index is 1050. The highest BCUT2D eigenvalue weighted by Gasteiger charge is 2.21. The monoisotopic (exact) mass is 461 g/mol.